The molecule has 0 aromatic rings. The predicted octanol–water partition coefficient (Wildman–Crippen LogP) is 0.742. The summed E-state index contributed by atoms with van der Waals surface area (Å²) in [6, 6.07) is 0. The van der Waals surface area contributed by atoms with Gasteiger partial charge in [0.25, 0.3) is 0 Å². The van der Waals surface area contributed by atoms with Crippen LogP contribution in [0.15, 0.2) is 0 Å². The van der Waals surface area contributed by atoms with Crippen LogP contribution in [-0.2, 0) is 19.1 Å². The number of esters is 1. The van der Waals surface area contributed by atoms with Crippen molar-refractivity contribution in [2.24, 2.45) is 23.7 Å². The molecule has 1 unspecified atom stereocenters. The van der Waals surface area contributed by atoms with Gasteiger partial charge in [-0.15, -0.1) is 0 Å². The molecular weight excluding hydrogens is 236 g/mol. The van der Waals surface area contributed by atoms with Crippen molar-refractivity contribution in [3.63, 3.8) is 0 Å². The Morgan fingerprint density at radius 3 is 2.67 bits per heavy atom. The summed E-state index contributed by atoms with van der Waals surface area (Å²) in [4.78, 5) is 22.4. The standard InChI is InChI=1S/C13H20O5/c1-6-10(5-14)12-7(2)17-13(16)9(12)4-11(6)18-8(3)15/h5-7,9-13,16H,4H2,1-3H3/t6-,7+,9+,10-,11+,12+,13?/m0/s1. The molecule has 0 radical (unpaired) electrons. The van der Waals surface area contributed by atoms with Gasteiger partial charge < -0.3 is 19.4 Å². The summed E-state index contributed by atoms with van der Waals surface area (Å²) < 4.78 is 10.7. The molecule has 2 fully saturated rings. The van der Waals surface area contributed by atoms with Gasteiger partial charge in [0, 0.05) is 30.6 Å². The molecule has 0 amide bonds. The fourth-order valence-electron chi connectivity index (χ4n) is 3.49. The van der Waals surface area contributed by atoms with Crippen molar-refractivity contribution in [1.29, 1.82) is 0 Å². The first kappa shape index (κ1) is 13.5. The van der Waals surface area contributed by atoms with Crippen LogP contribution in [-0.4, -0.2) is 35.9 Å². The van der Waals surface area contributed by atoms with Gasteiger partial charge in [-0.05, 0) is 13.3 Å². The van der Waals surface area contributed by atoms with Gasteiger partial charge in [0.15, 0.2) is 6.29 Å². The molecule has 0 bridgehead atoms. The van der Waals surface area contributed by atoms with Crippen LogP contribution in [0.1, 0.15) is 27.2 Å². The molecule has 1 heterocycles. The highest BCUT2D eigenvalue weighted by Gasteiger charge is 2.53. The van der Waals surface area contributed by atoms with Gasteiger partial charge in [0.2, 0.25) is 0 Å². The second-order valence-electron chi connectivity index (χ2n) is 5.43. The van der Waals surface area contributed by atoms with E-state index in [0.717, 1.165) is 6.29 Å². The number of hydrogen-bond acceptors (Lipinski definition) is 5. The zero-order valence-corrected chi connectivity index (χ0v) is 10.9. The van der Waals surface area contributed by atoms with E-state index in [1.54, 1.807) is 0 Å². The highest BCUT2D eigenvalue weighted by atomic mass is 16.6. The molecule has 1 N–H and O–H groups in total. The van der Waals surface area contributed by atoms with E-state index < -0.39 is 6.29 Å². The first-order valence-corrected chi connectivity index (χ1v) is 6.41. The summed E-state index contributed by atoms with van der Waals surface area (Å²) in [5.74, 6) is -0.740. The molecule has 2 aliphatic rings. The Labute approximate surface area is 106 Å². The highest BCUT2D eigenvalue weighted by molar-refractivity contribution is 5.66. The van der Waals surface area contributed by atoms with Crippen LogP contribution < -0.4 is 0 Å². The van der Waals surface area contributed by atoms with Crippen LogP contribution in [0.2, 0.25) is 0 Å². The number of fused-ring (bicyclic) bond motifs is 1. The minimum Gasteiger partial charge on any atom is -0.462 e. The van der Waals surface area contributed by atoms with Crippen molar-refractivity contribution >= 4 is 12.3 Å². The molecule has 5 heteroatoms. The molecule has 2 rings (SSSR count). The van der Waals surface area contributed by atoms with Crippen molar-refractivity contribution in [1.82, 2.24) is 0 Å². The minimum absolute atomic E-state index is 0.0132. The third-order valence-electron chi connectivity index (χ3n) is 4.37. The van der Waals surface area contributed by atoms with Crippen molar-refractivity contribution in [3.05, 3.63) is 0 Å². The molecule has 7 atom stereocenters. The second-order valence-corrected chi connectivity index (χ2v) is 5.43. The quantitative estimate of drug-likeness (QED) is 0.583. The second kappa shape index (κ2) is 4.97. The largest absolute Gasteiger partial charge is 0.462 e. The predicted molar refractivity (Wildman–Crippen MR) is 62.4 cm³/mol. The molecule has 102 valence electrons. The van der Waals surface area contributed by atoms with Gasteiger partial charge in [-0.1, -0.05) is 6.92 Å². The number of aliphatic hydroxyl groups excluding tert-OH is 1. The number of ether oxygens (including phenoxy) is 2. The fourth-order valence-corrected chi connectivity index (χ4v) is 3.49. The van der Waals surface area contributed by atoms with Crippen LogP contribution in [0.3, 0.4) is 0 Å². The Morgan fingerprint density at radius 1 is 1.44 bits per heavy atom. The lowest BCUT2D eigenvalue weighted by molar-refractivity contribution is -0.159. The van der Waals surface area contributed by atoms with E-state index >= 15 is 0 Å². The molecule has 1 aliphatic heterocycles. The van der Waals surface area contributed by atoms with E-state index in [9.17, 15) is 14.7 Å². The molecule has 18 heavy (non-hydrogen) atoms. The van der Waals surface area contributed by atoms with E-state index in [1.807, 2.05) is 13.8 Å². The molecule has 5 nitrogen and oxygen atoms in total. The SMILES string of the molecule is CC(=O)O[C@@H]1C[C@H]2C(O)O[C@H](C)[C@H]2[C@@H](C=O)[C@@H]1C. The van der Waals surface area contributed by atoms with Crippen LogP contribution >= 0.6 is 0 Å². The average molecular weight is 256 g/mol. The molecule has 0 aromatic carbocycles. The molecule has 0 spiro atoms. The number of carbonyl (C=O) groups excluding carboxylic acids is 2. The van der Waals surface area contributed by atoms with Gasteiger partial charge in [0.1, 0.15) is 12.4 Å². The van der Waals surface area contributed by atoms with Gasteiger partial charge >= 0.3 is 5.97 Å². The Balaban J connectivity index is 2.22. The van der Waals surface area contributed by atoms with Crippen molar-refractivity contribution < 1.29 is 24.2 Å². The van der Waals surface area contributed by atoms with E-state index in [1.165, 1.54) is 6.92 Å². The maximum Gasteiger partial charge on any atom is 0.302 e. The highest BCUT2D eigenvalue weighted by Crippen LogP contribution is 2.47. The fraction of sp³-hybridized carbons (Fsp3) is 0.846. The summed E-state index contributed by atoms with van der Waals surface area (Å²) in [5, 5.41) is 9.87. The number of rotatable bonds is 2. The molecule has 1 saturated carbocycles. The van der Waals surface area contributed by atoms with Crippen LogP contribution in [0.5, 0.6) is 0 Å². The van der Waals surface area contributed by atoms with Crippen molar-refractivity contribution in [3.8, 4) is 0 Å². The molecular formula is C13H20O5. The topological polar surface area (TPSA) is 72.8 Å². The van der Waals surface area contributed by atoms with Crippen LogP contribution in [0.25, 0.3) is 0 Å². The smallest absolute Gasteiger partial charge is 0.302 e. The van der Waals surface area contributed by atoms with Gasteiger partial charge in [-0.25, -0.2) is 0 Å². The van der Waals surface area contributed by atoms with Crippen LogP contribution in [0.4, 0.5) is 0 Å². The van der Waals surface area contributed by atoms with E-state index in [-0.39, 0.29) is 41.8 Å². The van der Waals surface area contributed by atoms with E-state index in [0.29, 0.717) is 6.42 Å². The van der Waals surface area contributed by atoms with Crippen molar-refractivity contribution in [2.45, 2.75) is 45.7 Å². The lowest BCUT2D eigenvalue weighted by Crippen LogP contribution is -2.46. The zero-order chi connectivity index (χ0) is 13.4. The zero-order valence-electron chi connectivity index (χ0n) is 10.9. The van der Waals surface area contributed by atoms with Crippen LogP contribution in [0, 0.1) is 23.7 Å². The Bertz CT molecular complexity index is 342. The molecule has 0 aromatic heterocycles. The number of carbonyl (C=O) groups is 2. The van der Waals surface area contributed by atoms with Gasteiger partial charge in [-0.2, -0.15) is 0 Å². The summed E-state index contributed by atoms with van der Waals surface area (Å²) in [5.41, 5.74) is 0. The third kappa shape index (κ3) is 2.17. The van der Waals surface area contributed by atoms with E-state index in [2.05, 4.69) is 0 Å². The van der Waals surface area contributed by atoms with Gasteiger partial charge in [0.05, 0.1) is 6.10 Å². The van der Waals surface area contributed by atoms with Crippen molar-refractivity contribution in [2.75, 3.05) is 0 Å². The monoisotopic (exact) mass is 256 g/mol. The molecule has 1 aliphatic carbocycles. The summed E-state index contributed by atoms with van der Waals surface area (Å²) >= 11 is 0. The Hall–Kier alpha value is -0.940. The maximum atomic E-state index is 11.3. The first-order valence-electron chi connectivity index (χ1n) is 6.41. The third-order valence-corrected chi connectivity index (χ3v) is 4.37. The minimum atomic E-state index is -0.863. The first-order chi connectivity index (χ1) is 8.45. The van der Waals surface area contributed by atoms with E-state index in [4.69, 9.17) is 9.47 Å². The summed E-state index contributed by atoms with van der Waals surface area (Å²) in [6.45, 7) is 5.16. The number of aliphatic hydroxyl groups is 1. The Kier molecular flexibility index (Phi) is 3.73. The molecule has 1 saturated heterocycles. The number of hydrogen-bond donors (Lipinski definition) is 1. The average Bonchev–Trinajstić information content (AvgIpc) is 2.55. The normalized spacial score (nSPS) is 47.4. The maximum absolute atomic E-state index is 11.3. The lowest BCUT2D eigenvalue weighted by Gasteiger charge is -2.41. The lowest BCUT2D eigenvalue weighted by atomic mass is 9.65. The summed E-state index contributed by atoms with van der Waals surface area (Å²) in [7, 11) is 0. The Morgan fingerprint density at radius 2 is 2.11 bits per heavy atom. The summed E-state index contributed by atoms with van der Waals surface area (Å²) in [6.07, 6.45) is 0.151. The number of aldehydes is 1. The van der Waals surface area contributed by atoms with Gasteiger partial charge in [-0.3, -0.25) is 4.79 Å².